The molecule has 0 aliphatic heterocycles. The van der Waals surface area contributed by atoms with Gasteiger partial charge in [-0.25, -0.2) is 0 Å². The third-order valence-electron chi connectivity index (χ3n) is 4.10. The van der Waals surface area contributed by atoms with Gasteiger partial charge in [0, 0.05) is 11.6 Å². The van der Waals surface area contributed by atoms with Gasteiger partial charge in [0.25, 0.3) is 0 Å². The third-order valence-corrected chi connectivity index (χ3v) is 4.10. The zero-order valence-electron chi connectivity index (χ0n) is 12.5. The highest BCUT2D eigenvalue weighted by Gasteiger charge is 2.22. The number of nitrogens with one attached hydrogen (secondary N) is 1. The first-order valence-corrected chi connectivity index (χ1v) is 7.61. The number of benzene rings is 1. The van der Waals surface area contributed by atoms with Crippen LogP contribution in [-0.2, 0) is 0 Å². The molecule has 1 aromatic heterocycles. The minimum atomic E-state index is 0.171. The SMILES string of the molecule is CCCCC(CC)C(NN)c1cccc2cccnc12. The van der Waals surface area contributed by atoms with Crippen molar-refractivity contribution in [2.45, 2.75) is 45.6 Å². The normalized spacial score (nSPS) is 14.3. The molecule has 3 heteroatoms. The number of aromatic nitrogens is 1. The Morgan fingerprint density at radius 2 is 2.00 bits per heavy atom. The van der Waals surface area contributed by atoms with Crippen molar-refractivity contribution < 1.29 is 0 Å². The first-order valence-electron chi connectivity index (χ1n) is 7.61. The maximum atomic E-state index is 5.87. The van der Waals surface area contributed by atoms with Crippen molar-refractivity contribution in [2.75, 3.05) is 0 Å². The lowest BCUT2D eigenvalue weighted by atomic mass is 9.86. The lowest BCUT2D eigenvalue weighted by molar-refractivity contribution is 0.328. The fourth-order valence-electron chi connectivity index (χ4n) is 2.93. The van der Waals surface area contributed by atoms with E-state index in [-0.39, 0.29) is 6.04 Å². The molecule has 3 nitrogen and oxygen atoms in total. The predicted octanol–water partition coefficient (Wildman–Crippen LogP) is 3.96. The number of hydrazine groups is 1. The van der Waals surface area contributed by atoms with Crippen LogP contribution in [0.1, 0.15) is 51.1 Å². The van der Waals surface area contributed by atoms with E-state index in [9.17, 15) is 0 Å². The van der Waals surface area contributed by atoms with Gasteiger partial charge in [0.2, 0.25) is 0 Å². The van der Waals surface area contributed by atoms with Crippen LogP contribution in [-0.4, -0.2) is 4.98 Å². The average molecular weight is 271 g/mol. The molecular weight excluding hydrogens is 246 g/mol. The van der Waals surface area contributed by atoms with E-state index in [0.29, 0.717) is 5.92 Å². The number of fused-ring (bicyclic) bond motifs is 1. The van der Waals surface area contributed by atoms with Crippen LogP contribution in [0.4, 0.5) is 0 Å². The molecule has 0 amide bonds. The number of nitrogens with zero attached hydrogens (tertiary/aromatic N) is 1. The summed E-state index contributed by atoms with van der Waals surface area (Å²) in [4.78, 5) is 4.55. The minimum absolute atomic E-state index is 0.171. The molecule has 2 rings (SSSR count). The minimum Gasteiger partial charge on any atom is -0.271 e. The van der Waals surface area contributed by atoms with Crippen LogP contribution in [0.15, 0.2) is 36.5 Å². The molecule has 20 heavy (non-hydrogen) atoms. The highest BCUT2D eigenvalue weighted by molar-refractivity contribution is 5.82. The zero-order valence-corrected chi connectivity index (χ0v) is 12.5. The Labute approximate surface area is 121 Å². The number of unbranched alkanes of at least 4 members (excludes halogenated alkanes) is 1. The van der Waals surface area contributed by atoms with Gasteiger partial charge in [0.1, 0.15) is 0 Å². The maximum absolute atomic E-state index is 5.87. The number of pyridine rings is 1. The van der Waals surface area contributed by atoms with Gasteiger partial charge < -0.3 is 0 Å². The van der Waals surface area contributed by atoms with E-state index in [1.165, 1.54) is 30.2 Å². The summed E-state index contributed by atoms with van der Waals surface area (Å²) in [7, 11) is 0. The zero-order chi connectivity index (χ0) is 14.4. The van der Waals surface area contributed by atoms with E-state index in [4.69, 9.17) is 5.84 Å². The fourth-order valence-corrected chi connectivity index (χ4v) is 2.93. The van der Waals surface area contributed by atoms with Crippen LogP contribution in [0.5, 0.6) is 0 Å². The lowest BCUT2D eigenvalue weighted by Gasteiger charge is -2.26. The molecule has 0 bridgehead atoms. The number of nitrogens with two attached hydrogens (primary N) is 1. The maximum Gasteiger partial charge on any atom is 0.0750 e. The molecule has 1 heterocycles. The Kier molecular flexibility index (Phi) is 5.50. The van der Waals surface area contributed by atoms with Crippen molar-refractivity contribution in [3.63, 3.8) is 0 Å². The highest BCUT2D eigenvalue weighted by Crippen LogP contribution is 2.31. The van der Waals surface area contributed by atoms with Gasteiger partial charge in [-0.1, -0.05) is 57.4 Å². The first-order chi connectivity index (χ1) is 9.81. The summed E-state index contributed by atoms with van der Waals surface area (Å²) >= 11 is 0. The Morgan fingerprint density at radius 3 is 2.70 bits per heavy atom. The highest BCUT2D eigenvalue weighted by atomic mass is 15.2. The Morgan fingerprint density at radius 1 is 1.20 bits per heavy atom. The molecule has 1 aromatic carbocycles. The predicted molar refractivity (Wildman–Crippen MR) is 85.1 cm³/mol. The molecule has 0 aliphatic carbocycles. The second-order valence-corrected chi connectivity index (χ2v) is 5.38. The van der Waals surface area contributed by atoms with Gasteiger partial charge in [-0.3, -0.25) is 16.3 Å². The Balaban J connectivity index is 2.37. The smallest absolute Gasteiger partial charge is 0.0750 e. The van der Waals surface area contributed by atoms with Crippen molar-refractivity contribution in [1.82, 2.24) is 10.4 Å². The molecule has 0 spiro atoms. The molecule has 0 saturated heterocycles. The lowest BCUT2D eigenvalue weighted by Crippen LogP contribution is -2.33. The van der Waals surface area contributed by atoms with Crippen molar-refractivity contribution in [1.29, 1.82) is 0 Å². The van der Waals surface area contributed by atoms with Crippen LogP contribution in [0, 0.1) is 5.92 Å². The van der Waals surface area contributed by atoms with Crippen LogP contribution < -0.4 is 11.3 Å². The monoisotopic (exact) mass is 271 g/mol. The molecular formula is C17H25N3. The van der Waals surface area contributed by atoms with Gasteiger partial charge in [-0.2, -0.15) is 0 Å². The molecule has 2 unspecified atom stereocenters. The van der Waals surface area contributed by atoms with Gasteiger partial charge in [-0.05, 0) is 24.0 Å². The molecule has 3 N–H and O–H groups in total. The molecule has 2 aromatic rings. The fraction of sp³-hybridized carbons (Fsp3) is 0.471. The molecule has 108 valence electrons. The summed E-state index contributed by atoms with van der Waals surface area (Å²) in [5.74, 6) is 6.41. The molecule has 0 saturated carbocycles. The topological polar surface area (TPSA) is 50.9 Å². The van der Waals surface area contributed by atoms with Crippen LogP contribution >= 0.6 is 0 Å². The van der Waals surface area contributed by atoms with E-state index in [1.807, 2.05) is 12.3 Å². The number of rotatable bonds is 7. The average Bonchev–Trinajstić information content (AvgIpc) is 2.51. The standard InChI is InChI=1S/C17H25N3/c1-3-5-8-13(4-2)17(20-18)15-11-6-9-14-10-7-12-19-16(14)15/h6-7,9-13,17,20H,3-5,8,18H2,1-2H3. The first kappa shape index (κ1) is 14.9. The van der Waals surface area contributed by atoms with E-state index in [2.05, 4.69) is 48.5 Å². The summed E-state index contributed by atoms with van der Waals surface area (Å²) in [5, 5.41) is 1.18. The molecule has 0 aliphatic rings. The van der Waals surface area contributed by atoms with Crippen molar-refractivity contribution in [3.8, 4) is 0 Å². The third kappa shape index (κ3) is 3.17. The van der Waals surface area contributed by atoms with E-state index in [1.54, 1.807) is 0 Å². The van der Waals surface area contributed by atoms with Gasteiger partial charge >= 0.3 is 0 Å². The largest absolute Gasteiger partial charge is 0.271 e. The van der Waals surface area contributed by atoms with Crippen LogP contribution in [0.25, 0.3) is 10.9 Å². The summed E-state index contributed by atoms with van der Waals surface area (Å²) in [5.41, 5.74) is 5.31. The van der Waals surface area contributed by atoms with E-state index < -0.39 is 0 Å². The second kappa shape index (κ2) is 7.36. The summed E-state index contributed by atoms with van der Waals surface area (Å²) in [6.45, 7) is 4.47. The number of hydrogen-bond donors (Lipinski definition) is 2. The van der Waals surface area contributed by atoms with Crippen LogP contribution in [0.2, 0.25) is 0 Å². The summed E-state index contributed by atoms with van der Waals surface area (Å²) in [6, 6.07) is 10.6. The van der Waals surface area contributed by atoms with Gasteiger partial charge in [0.15, 0.2) is 0 Å². The summed E-state index contributed by atoms with van der Waals surface area (Å²) < 4.78 is 0. The molecule has 2 atom stereocenters. The van der Waals surface area contributed by atoms with E-state index >= 15 is 0 Å². The van der Waals surface area contributed by atoms with Gasteiger partial charge in [-0.15, -0.1) is 0 Å². The quantitative estimate of drug-likeness (QED) is 0.592. The van der Waals surface area contributed by atoms with Crippen molar-refractivity contribution >= 4 is 10.9 Å². The Bertz CT molecular complexity index is 533. The van der Waals surface area contributed by atoms with Crippen molar-refractivity contribution in [3.05, 3.63) is 42.1 Å². The number of para-hydroxylation sites is 1. The second-order valence-electron chi connectivity index (χ2n) is 5.38. The van der Waals surface area contributed by atoms with Gasteiger partial charge in [0.05, 0.1) is 11.6 Å². The molecule has 0 fully saturated rings. The molecule has 0 radical (unpaired) electrons. The number of hydrogen-bond acceptors (Lipinski definition) is 3. The Hall–Kier alpha value is -1.45. The summed E-state index contributed by atoms with van der Waals surface area (Å²) in [6.07, 6.45) is 6.64. The van der Waals surface area contributed by atoms with E-state index in [0.717, 1.165) is 11.9 Å². The van der Waals surface area contributed by atoms with Crippen LogP contribution in [0.3, 0.4) is 0 Å². The van der Waals surface area contributed by atoms with Crippen molar-refractivity contribution in [2.24, 2.45) is 11.8 Å².